The lowest BCUT2D eigenvalue weighted by atomic mass is 10.0. The molecule has 0 saturated carbocycles. The number of nitrogens with zero attached hydrogens (tertiary/aromatic N) is 2. The molecule has 0 saturated heterocycles. The lowest BCUT2D eigenvalue weighted by Crippen LogP contribution is -2.51. The lowest BCUT2D eigenvalue weighted by molar-refractivity contribution is -0.946. The summed E-state index contributed by atoms with van der Waals surface area (Å²) in [5.41, 5.74) is 0. The van der Waals surface area contributed by atoms with E-state index in [4.69, 9.17) is 0 Å². The van der Waals surface area contributed by atoms with Gasteiger partial charge in [-0.2, -0.15) is 0 Å². The van der Waals surface area contributed by atoms with Crippen molar-refractivity contribution in [3.8, 4) is 0 Å². The van der Waals surface area contributed by atoms with Crippen LogP contribution in [0.5, 0.6) is 0 Å². The summed E-state index contributed by atoms with van der Waals surface area (Å²) < 4.78 is 2.41. The molecule has 0 aromatic heterocycles. The van der Waals surface area contributed by atoms with Crippen LogP contribution in [0.3, 0.4) is 0 Å². The molecule has 0 aromatic rings. The molecule has 0 aliphatic carbocycles. The Morgan fingerprint density at radius 1 is 0.250 bits per heavy atom. The molecule has 0 N–H and O–H groups in total. The molecule has 0 heterocycles. The van der Waals surface area contributed by atoms with E-state index in [9.17, 15) is 0 Å². The summed E-state index contributed by atoms with van der Waals surface area (Å²) in [6.45, 7) is 9.96. The van der Waals surface area contributed by atoms with Gasteiger partial charge >= 0.3 is 0 Å². The number of hydrogen-bond acceptors (Lipinski definition) is 0. The number of hydrogen-bond donors (Lipinski definition) is 0. The van der Waals surface area contributed by atoms with Crippen LogP contribution in [0.1, 0.15) is 168 Å². The monoisotopic (exact) mass is 511 g/mol. The largest absolute Gasteiger partial charge is 0.324 e. The van der Waals surface area contributed by atoms with Crippen LogP contribution in [0.4, 0.5) is 0 Å². The minimum Gasteiger partial charge on any atom is -0.324 e. The van der Waals surface area contributed by atoms with Crippen LogP contribution in [-0.4, -0.2) is 63.3 Å². The molecule has 0 radical (unpaired) electrons. The minimum atomic E-state index is 1.20. The molecule has 0 aliphatic rings. The van der Waals surface area contributed by atoms with E-state index < -0.39 is 0 Å². The second-order valence-corrected chi connectivity index (χ2v) is 13.5. The molecule has 0 amide bonds. The van der Waals surface area contributed by atoms with Gasteiger partial charge in [-0.15, -0.1) is 0 Å². The Morgan fingerprint density at radius 2 is 0.444 bits per heavy atom. The number of likely N-dealkylation sites (N-methyl/N-ethyl adjacent to an activating group) is 2. The minimum absolute atomic E-state index is 1.20. The van der Waals surface area contributed by atoms with Crippen LogP contribution in [0.25, 0.3) is 0 Å². The molecular weight excluding hydrogens is 436 g/mol. The van der Waals surface area contributed by atoms with Crippen molar-refractivity contribution in [3.05, 3.63) is 0 Å². The lowest BCUT2D eigenvalue weighted by Gasteiger charge is -2.36. The summed E-state index contributed by atoms with van der Waals surface area (Å²) in [6.07, 6.45) is 34.8. The average Bonchev–Trinajstić information content (AvgIpc) is 2.84. The van der Waals surface area contributed by atoms with Crippen molar-refractivity contribution in [2.75, 3.05) is 54.4 Å². The topological polar surface area (TPSA) is 0 Å². The molecule has 0 rings (SSSR count). The van der Waals surface area contributed by atoms with Gasteiger partial charge in [0, 0.05) is 0 Å². The summed E-state index contributed by atoms with van der Waals surface area (Å²) in [5.74, 6) is 0. The van der Waals surface area contributed by atoms with Crippen molar-refractivity contribution < 1.29 is 8.97 Å². The average molecular weight is 511 g/mol. The summed E-state index contributed by atoms with van der Waals surface area (Å²) in [5, 5.41) is 0. The third-order valence-electron chi connectivity index (χ3n) is 8.54. The summed E-state index contributed by atoms with van der Waals surface area (Å²) in [6, 6.07) is 0. The second-order valence-electron chi connectivity index (χ2n) is 13.5. The zero-order valence-electron chi connectivity index (χ0n) is 26.7. The molecule has 0 atom stereocenters. The van der Waals surface area contributed by atoms with Gasteiger partial charge in [-0.1, -0.05) is 142 Å². The van der Waals surface area contributed by atoms with Crippen LogP contribution in [0, 0.1) is 0 Å². The maximum atomic E-state index is 2.46. The van der Waals surface area contributed by atoms with Gasteiger partial charge in [-0.3, -0.25) is 0 Å². The molecule has 0 unspecified atom stereocenters. The predicted octanol–water partition coefficient (Wildman–Crippen LogP) is 10.5. The smallest absolute Gasteiger partial charge is 0.128 e. The Morgan fingerprint density at radius 3 is 0.667 bits per heavy atom. The first-order valence-electron chi connectivity index (χ1n) is 17.0. The Balaban J connectivity index is 3.47. The third kappa shape index (κ3) is 27.0. The molecule has 0 bridgehead atoms. The molecule has 2 nitrogen and oxygen atoms in total. The van der Waals surface area contributed by atoms with E-state index in [1.165, 1.54) is 189 Å². The molecule has 0 spiro atoms. The first-order valence-corrected chi connectivity index (χ1v) is 17.0. The predicted molar refractivity (Wildman–Crippen MR) is 166 cm³/mol. The molecule has 36 heavy (non-hydrogen) atoms. The molecule has 2 heteroatoms. The fourth-order valence-corrected chi connectivity index (χ4v) is 5.53. The van der Waals surface area contributed by atoms with Crippen molar-refractivity contribution in [2.45, 2.75) is 168 Å². The summed E-state index contributed by atoms with van der Waals surface area (Å²) in [4.78, 5) is 0. The Bertz CT molecular complexity index is 429. The van der Waals surface area contributed by atoms with E-state index in [-0.39, 0.29) is 0 Å². The fraction of sp³-hybridized carbons (Fsp3) is 1.00. The van der Waals surface area contributed by atoms with Crippen molar-refractivity contribution in [1.82, 2.24) is 0 Å². The van der Waals surface area contributed by atoms with Crippen LogP contribution in [0.15, 0.2) is 0 Å². The summed E-state index contributed by atoms with van der Waals surface area (Å²) >= 11 is 0. The van der Waals surface area contributed by atoms with Crippen LogP contribution >= 0.6 is 0 Å². The quantitative estimate of drug-likeness (QED) is 0.0693. The fourth-order valence-electron chi connectivity index (χ4n) is 5.53. The van der Waals surface area contributed by atoms with Crippen LogP contribution in [0.2, 0.25) is 0 Å². The van der Waals surface area contributed by atoms with Crippen molar-refractivity contribution in [2.24, 2.45) is 0 Å². The van der Waals surface area contributed by atoms with E-state index in [1.54, 1.807) is 0 Å². The maximum Gasteiger partial charge on any atom is 0.128 e. The highest BCUT2D eigenvalue weighted by molar-refractivity contribution is 4.51. The highest BCUT2D eigenvalue weighted by Crippen LogP contribution is 2.15. The van der Waals surface area contributed by atoms with Gasteiger partial charge in [0.05, 0.1) is 41.3 Å². The number of rotatable bonds is 29. The van der Waals surface area contributed by atoms with Crippen molar-refractivity contribution >= 4 is 0 Å². The Kier molecular flexibility index (Phi) is 25.2. The number of unbranched alkanes of at least 4 members (excludes halogenated alkanes) is 22. The zero-order valence-corrected chi connectivity index (χ0v) is 26.7. The first-order chi connectivity index (χ1) is 17.3. The molecule has 0 aliphatic heterocycles. The van der Waals surface area contributed by atoms with E-state index in [1.807, 2.05) is 0 Å². The standard InChI is InChI=1S/C34H74N2/c1-7-9-11-13-15-16-17-18-19-20-21-22-23-24-25-26-28-30-32-36(5,6)34-33-35(3,4)31-29-27-14-12-10-8-2/h7-34H2,1-6H3/q+2. The van der Waals surface area contributed by atoms with Crippen molar-refractivity contribution in [1.29, 1.82) is 0 Å². The maximum absolute atomic E-state index is 2.46. The molecular formula is C34H74N2+2. The van der Waals surface area contributed by atoms with Gasteiger partial charge in [-0.05, 0) is 25.7 Å². The molecule has 0 fully saturated rings. The van der Waals surface area contributed by atoms with Gasteiger partial charge in [-0.25, -0.2) is 0 Å². The van der Waals surface area contributed by atoms with E-state index in [0.717, 1.165) is 0 Å². The van der Waals surface area contributed by atoms with Crippen LogP contribution in [-0.2, 0) is 0 Å². The van der Waals surface area contributed by atoms with Gasteiger partial charge in [0.1, 0.15) is 13.1 Å². The Labute approximate surface area is 231 Å². The first kappa shape index (κ1) is 35.9. The SMILES string of the molecule is CCCCCCCCCCCCCCCCCCCC[N+](C)(C)CC[N+](C)(C)CCCCCCCC. The molecule has 218 valence electrons. The van der Waals surface area contributed by atoms with Gasteiger partial charge in [0.25, 0.3) is 0 Å². The highest BCUT2D eigenvalue weighted by Gasteiger charge is 2.22. The Hall–Kier alpha value is -0.0800. The van der Waals surface area contributed by atoms with Gasteiger partial charge < -0.3 is 8.97 Å². The van der Waals surface area contributed by atoms with Crippen molar-refractivity contribution in [3.63, 3.8) is 0 Å². The van der Waals surface area contributed by atoms with Crippen LogP contribution < -0.4 is 0 Å². The third-order valence-corrected chi connectivity index (χ3v) is 8.54. The molecule has 0 aromatic carbocycles. The van der Waals surface area contributed by atoms with E-state index >= 15 is 0 Å². The second kappa shape index (κ2) is 25.2. The van der Waals surface area contributed by atoms with E-state index in [2.05, 4.69) is 42.0 Å². The number of quaternary nitrogens is 2. The summed E-state index contributed by atoms with van der Waals surface area (Å²) in [7, 11) is 9.81. The normalized spacial score (nSPS) is 12.5. The van der Waals surface area contributed by atoms with Gasteiger partial charge in [0.2, 0.25) is 0 Å². The zero-order chi connectivity index (χ0) is 26.8. The highest BCUT2D eigenvalue weighted by atomic mass is 15.4. The van der Waals surface area contributed by atoms with E-state index in [0.29, 0.717) is 0 Å². The van der Waals surface area contributed by atoms with Gasteiger partial charge in [0.15, 0.2) is 0 Å².